The number of aryl methyl sites for hydroxylation is 1. The third kappa shape index (κ3) is 6.62. The van der Waals surface area contributed by atoms with Gasteiger partial charge in [-0.1, -0.05) is 37.3 Å². The van der Waals surface area contributed by atoms with Gasteiger partial charge in [-0.2, -0.15) is 5.10 Å². The minimum absolute atomic E-state index is 0.0916. The van der Waals surface area contributed by atoms with Crippen LogP contribution in [0.5, 0.6) is 0 Å². The zero-order valence-electron chi connectivity index (χ0n) is 20.2. The van der Waals surface area contributed by atoms with Crippen LogP contribution in [-0.2, 0) is 11.8 Å². The molecule has 1 aromatic carbocycles. The molecule has 1 amide bonds. The average molecular weight is 473 g/mol. The number of hydrogen-bond acceptors (Lipinski definition) is 7. The molecule has 180 valence electrons. The largest absolute Gasteiger partial charge is 0.445 e. The summed E-state index contributed by atoms with van der Waals surface area (Å²) >= 11 is 0. The van der Waals surface area contributed by atoms with E-state index in [9.17, 15) is 9.90 Å². The van der Waals surface area contributed by atoms with Gasteiger partial charge in [0.05, 0.1) is 11.4 Å². The number of carbonyl (C=O) groups is 1. The SMILES string of the molecule is CCC/C=C(/OC(C)=NC)C(O)C#Cc1cccc(-c2nc(C(N)=O)cc(-c3ccnn3C)n2)c1. The Morgan fingerprint density at radius 3 is 2.77 bits per heavy atom. The van der Waals surface area contributed by atoms with Crippen LogP contribution < -0.4 is 5.73 Å². The molecule has 3 rings (SSSR count). The fourth-order valence-electron chi connectivity index (χ4n) is 3.13. The van der Waals surface area contributed by atoms with E-state index in [1.54, 1.807) is 56.2 Å². The van der Waals surface area contributed by atoms with E-state index in [-0.39, 0.29) is 5.69 Å². The number of aliphatic hydroxyl groups is 1. The first-order valence-corrected chi connectivity index (χ1v) is 11.1. The Labute approximate surface area is 204 Å². The number of aliphatic hydroxyl groups excluding tert-OH is 1. The lowest BCUT2D eigenvalue weighted by atomic mass is 10.1. The number of aliphatic imine (C=N–C) groups is 1. The number of unbranched alkanes of at least 4 members (excludes halogenated alkanes) is 1. The summed E-state index contributed by atoms with van der Waals surface area (Å²) in [5, 5.41) is 14.7. The summed E-state index contributed by atoms with van der Waals surface area (Å²) in [4.78, 5) is 24.8. The van der Waals surface area contributed by atoms with Crippen molar-refractivity contribution in [2.24, 2.45) is 17.8 Å². The van der Waals surface area contributed by atoms with Gasteiger partial charge in [-0.25, -0.2) is 9.97 Å². The molecule has 0 radical (unpaired) electrons. The Kier molecular flexibility index (Phi) is 8.48. The number of nitrogens with two attached hydrogens (primary N) is 1. The highest BCUT2D eigenvalue weighted by Gasteiger charge is 2.14. The number of aromatic nitrogens is 4. The summed E-state index contributed by atoms with van der Waals surface area (Å²) in [6, 6.07) is 10.5. The highest BCUT2D eigenvalue weighted by molar-refractivity contribution is 5.92. The Morgan fingerprint density at radius 2 is 2.11 bits per heavy atom. The average Bonchev–Trinajstić information content (AvgIpc) is 3.30. The molecule has 1 atom stereocenters. The lowest BCUT2D eigenvalue weighted by molar-refractivity contribution is 0.0995. The minimum atomic E-state index is -1.12. The number of allylic oxidation sites excluding steroid dienone is 1. The van der Waals surface area contributed by atoms with Gasteiger partial charge in [-0.3, -0.25) is 14.5 Å². The maximum atomic E-state index is 11.9. The van der Waals surface area contributed by atoms with E-state index in [4.69, 9.17) is 10.5 Å². The molecule has 0 saturated heterocycles. The van der Waals surface area contributed by atoms with Gasteiger partial charge < -0.3 is 15.6 Å². The van der Waals surface area contributed by atoms with Crippen LogP contribution in [0.25, 0.3) is 22.8 Å². The lowest BCUT2D eigenvalue weighted by Gasteiger charge is -2.11. The Hall–Kier alpha value is -4.29. The second kappa shape index (κ2) is 11.7. The second-order valence-electron chi connectivity index (χ2n) is 7.66. The monoisotopic (exact) mass is 472 g/mol. The molecule has 0 aliphatic heterocycles. The molecule has 0 bridgehead atoms. The van der Waals surface area contributed by atoms with Crippen LogP contribution in [0.4, 0.5) is 0 Å². The quantitative estimate of drug-likeness (QED) is 0.235. The third-order valence-corrected chi connectivity index (χ3v) is 5.02. The first-order valence-electron chi connectivity index (χ1n) is 11.1. The number of primary amides is 1. The smallest absolute Gasteiger partial charge is 0.267 e. The van der Waals surface area contributed by atoms with Crippen LogP contribution in [0, 0.1) is 11.8 Å². The first kappa shape index (κ1) is 25.3. The van der Waals surface area contributed by atoms with Gasteiger partial charge in [-0.15, -0.1) is 0 Å². The highest BCUT2D eigenvalue weighted by Crippen LogP contribution is 2.23. The molecule has 9 nitrogen and oxygen atoms in total. The summed E-state index contributed by atoms with van der Waals surface area (Å²) in [7, 11) is 3.40. The molecule has 3 aromatic rings. The standard InChI is InChI=1S/C26H28N6O3/c1-5-6-10-24(35-17(2)28-3)23(33)12-11-18-8-7-9-19(15-18)26-30-20(16-21(31-26)25(27)34)22-13-14-29-32(22)4/h7-10,13-16,23,33H,5-6H2,1-4H3,(H2,27,34)/b24-10+,28-17?. The van der Waals surface area contributed by atoms with E-state index in [0.717, 1.165) is 12.8 Å². The predicted octanol–water partition coefficient (Wildman–Crippen LogP) is 3.10. The van der Waals surface area contributed by atoms with Gasteiger partial charge in [0.25, 0.3) is 5.91 Å². The number of benzene rings is 1. The van der Waals surface area contributed by atoms with E-state index < -0.39 is 12.0 Å². The van der Waals surface area contributed by atoms with Crippen molar-refractivity contribution in [3.8, 4) is 34.6 Å². The van der Waals surface area contributed by atoms with E-state index in [1.165, 1.54) is 6.07 Å². The molecule has 2 aromatic heterocycles. The molecule has 1 unspecified atom stereocenters. The van der Waals surface area contributed by atoms with Crippen LogP contribution in [0.15, 0.2) is 59.4 Å². The summed E-state index contributed by atoms with van der Waals surface area (Å²) in [5.74, 6) is 6.23. The van der Waals surface area contributed by atoms with Crippen LogP contribution in [0.2, 0.25) is 0 Å². The summed E-state index contributed by atoms with van der Waals surface area (Å²) < 4.78 is 7.28. The molecule has 35 heavy (non-hydrogen) atoms. The molecular formula is C26H28N6O3. The summed E-state index contributed by atoms with van der Waals surface area (Å²) in [6.45, 7) is 3.75. The Morgan fingerprint density at radius 1 is 1.31 bits per heavy atom. The molecule has 9 heteroatoms. The summed E-state index contributed by atoms with van der Waals surface area (Å²) in [6.07, 6.45) is 3.99. The molecule has 0 fully saturated rings. The minimum Gasteiger partial charge on any atom is -0.445 e. The second-order valence-corrected chi connectivity index (χ2v) is 7.66. The van der Waals surface area contributed by atoms with Crippen molar-refractivity contribution in [1.82, 2.24) is 19.7 Å². The van der Waals surface area contributed by atoms with Crippen LogP contribution in [0.1, 0.15) is 42.7 Å². The normalized spacial score (nSPS) is 12.6. The van der Waals surface area contributed by atoms with E-state index in [0.29, 0.717) is 40.0 Å². The molecule has 0 saturated carbocycles. The number of nitrogens with zero attached hydrogens (tertiary/aromatic N) is 5. The maximum absolute atomic E-state index is 11.9. The maximum Gasteiger partial charge on any atom is 0.267 e. The van der Waals surface area contributed by atoms with E-state index >= 15 is 0 Å². The van der Waals surface area contributed by atoms with Gasteiger partial charge in [-0.05, 0) is 36.8 Å². The predicted molar refractivity (Wildman–Crippen MR) is 134 cm³/mol. The number of amides is 1. The first-order chi connectivity index (χ1) is 16.8. The van der Waals surface area contributed by atoms with Crippen molar-refractivity contribution < 1.29 is 14.6 Å². The van der Waals surface area contributed by atoms with Gasteiger partial charge >= 0.3 is 0 Å². The topological polar surface area (TPSA) is 129 Å². The zero-order valence-corrected chi connectivity index (χ0v) is 20.2. The van der Waals surface area contributed by atoms with Crippen LogP contribution in [0.3, 0.4) is 0 Å². The number of rotatable bonds is 7. The lowest BCUT2D eigenvalue weighted by Crippen LogP contribution is -2.14. The fraction of sp³-hybridized carbons (Fsp3) is 0.269. The van der Waals surface area contributed by atoms with Crippen LogP contribution >= 0.6 is 0 Å². The van der Waals surface area contributed by atoms with Crippen molar-refractivity contribution >= 4 is 11.8 Å². The summed E-state index contributed by atoms with van der Waals surface area (Å²) in [5.41, 5.74) is 8.11. The van der Waals surface area contributed by atoms with Crippen molar-refractivity contribution in [2.45, 2.75) is 32.8 Å². The zero-order chi connectivity index (χ0) is 25.4. The molecular weight excluding hydrogens is 444 g/mol. The molecule has 0 aliphatic rings. The van der Waals surface area contributed by atoms with Crippen molar-refractivity contribution in [3.05, 3.63) is 65.7 Å². The van der Waals surface area contributed by atoms with E-state index in [2.05, 4.69) is 31.9 Å². The Balaban J connectivity index is 1.95. The van der Waals surface area contributed by atoms with Gasteiger partial charge in [0.1, 0.15) is 11.5 Å². The van der Waals surface area contributed by atoms with Gasteiger partial charge in [0.15, 0.2) is 17.8 Å². The molecule has 3 N–H and O–H groups in total. The van der Waals surface area contributed by atoms with Crippen molar-refractivity contribution in [1.29, 1.82) is 0 Å². The number of carbonyl (C=O) groups excluding carboxylic acids is 1. The van der Waals surface area contributed by atoms with E-state index in [1.807, 2.05) is 19.1 Å². The molecule has 2 heterocycles. The Bertz CT molecular complexity index is 1330. The number of hydrogen-bond donors (Lipinski definition) is 2. The molecule has 0 spiro atoms. The van der Waals surface area contributed by atoms with Crippen molar-refractivity contribution in [2.75, 3.05) is 7.05 Å². The molecule has 0 aliphatic carbocycles. The fourth-order valence-corrected chi connectivity index (χ4v) is 3.13. The van der Waals surface area contributed by atoms with Gasteiger partial charge in [0, 0.05) is 38.3 Å². The van der Waals surface area contributed by atoms with Gasteiger partial charge in [0.2, 0.25) is 0 Å². The number of ether oxygens (including phenoxy) is 1. The third-order valence-electron chi connectivity index (χ3n) is 5.02. The highest BCUT2D eigenvalue weighted by atomic mass is 16.5. The van der Waals surface area contributed by atoms with Crippen molar-refractivity contribution in [3.63, 3.8) is 0 Å². The van der Waals surface area contributed by atoms with Crippen LogP contribution in [-0.4, -0.2) is 49.8 Å².